The summed E-state index contributed by atoms with van der Waals surface area (Å²) in [5.74, 6) is 0.771. The number of hydrogen-bond acceptors (Lipinski definition) is 4. The van der Waals surface area contributed by atoms with Gasteiger partial charge in [0, 0.05) is 28.1 Å². The Hall–Kier alpha value is -2.31. The molecule has 0 saturated carbocycles. The van der Waals surface area contributed by atoms with Gasteiger partial charge in [0.15, 0.2) is 0 Å². The van der Waals surface area contributed by atoms with Gasteiger partial charge in [0.25, 0.3) is 5.91 Å². The molecule has 130 valence electrons. The summed E-state index contributed by atoms with van der Waals surface area (Å²) in [5.41, 5.74) is 1.99. The normalized spacial score (nSPS) is 17.1. The summed E-state index contributed by atoms with van der Waals surface area (Å²) in [5, 5.41) is 4.05. The van der Waals surface area contributed by atoms with Crippen LogP contribution in [0.15, 0.2) is 36.4 Å². The van der Waals surface area contributed by atoms with Crippen molar-refractivity contribution in [3.05, 3.63) is 51.8 Å². The fraction of sp³-hybridized carbons (Fsp3) is 0.316. The predicted molar refractivity (Wildman–Crippen MR) is 98.3 cm³/mol. The maximum Gasteiger partial charge on any atom is 0.261 e. The number of rotatable bonds is 5. The van der Waals surface area contributed by atoms with Crippen molar-refractivity contribution in [2.45, 2.75) is 25.5 Å². The molecule has 0 radical (unpaired) electrons. The first-order valence-corrected chi connectivity index (χ1v) is 9.20. The molecule has 25 heavy (non-hydrogen) atoms. The average molecular weight is 356 g/mol. The number of aromatic nitrogens is 1. The number of benzene rings is 1. The summed E-state index contributed by atoms with van der Waals surface area (Å²) in [6, 6.07) is 11.8. The molecular formula is C19H20N2O3S. The number of carbonyl (C=O) groups is 1. The number of hydrogen-bond donors (Lipinski definition) is 2. The van der Waals surface area contributed by atoms with E-state index in [1.165, 1.54) is 11.3 Å². The molecule has 1 aliphatic heterocycles. The average Bonchev–Trinajstić information content (AvgIpc) is 3.38. The number of amides is 1. The highest BCUT2D eigenvalue weighted by molar-refractivity contribution is 7.14. The molecule has 0 spiro atoms. The van der Waals surface area contributed by atoms with E-state index in [4.69, 9.17) is 9.47 Å². The SMILES string of the molecule is COc1ccc2[nH]c(CNC(=O)c3ccc([C@H]4CCCO4)s3)cc2c1. The summed E-state index contributed by atoms with van der Waals surface area (Å²) in [4.78, 5) is 17.6. The van der Waals surface area contributed by atoms with Crippen LogP contribution < -0.4 is 10.1 Å². The van der Waals surface area contributed by atoms with Crippen LogP contribution in [-0.2, 0) is 11.3 Å². The topological polar surface area (TPSA) is 63.3 Å². The molecule has 0 unspecified atom stereocenters. The Morgan fingerprint density at radius 1 is 1.36 bits per heavy atom. The van der Waals surface area contributed by atoms with E-state index < -0.39 is 0 Å². The van der Waals surface area contributed by atoms with Crippen LogP contribution in [-0.4, -0.2) is 24.6 Å². The quantitative estimate of drug-likeness (QED) is 0.726. The number of fused-ring (bicyclic) bond motifs is 1. The van der Waals surface area contributed by atoms with Gasteiger partial charge in [0.2, 0.25) is 0 Å². The fourth-order valence-electron chi connectivity index (χ4n) is 3.11. The number of H-pyrrole nitrogens is 1. The van der Waals surface area contributed by atoms with Gasteiger partial charge < -0.3 is 19.8 Å². The Labute approximate surface area is 150 Å². The van der Waals surface area contributed by atoms with E-state index in [2.05, 4.69) is 10.3 Å². The molecule has 1 saturated heterocycles. The third-order valence-corrected chi connectivity index (χ3v) is 5.60. The highest BCUT2D eigenvalue weighted by Gasteiger charge is 2.20. The molecule has 1 fully saturated rings. The molecule has 3 aromatic rings. The van der Waals surface area contributed by atoms with Crippen molar-refractivity contribution in [2.75, 3.05) is 13.7 Å². The number of thiophene rings is 1. The Morgan fingerprint density at radius 3 is 3.08 bits per heavy atom. The molecule has 0 bridgehead atoms. The smallest absolute Gasteiger partial charge is 0.261 e. The molecule has 6 heteroatoms. The van der Waals surface area contributed by atoms with Crippen LogP contribution in [0.1, 0.15) is 39.2 Å². The molecule has 1 amide bonds. The minimum Gasteiger partial charge on any atom is -0.497 e. The molecule has 0 aliphatic carbocycles. The highest BCUT2D eigenvalue weighted by atomic mass is 32.1. The van der Waals surface area contributed by atoms with Crippen molar-refractivity contribution in [3.63, 3.8) is 0 Å². The third-order valence-electron chi connectivity index (χ3n) is 4.42. The Balaban J connectivity index is 1.41. The van der Waals surface area contributed by atoms with Crippen molar-refractivity contribution in [3.8, 4) is 5.75 Å². The Kier molecular flexibility index (Phi) is 4.46. The molecule has 3 heterocycles. The van der Waals surface area contributed by atoms with E-state index in [-0.39, 0.29) is 12.0 Å². The van der Waals surface area contributed by atoms with Gasteiger partial charge in [-0.15, -0.1) is 11.3 Å². The van der Waals surface area contributed by atoms with Gasteiger partial charge in [-0.1, -0.05) is 0 Å². The standard InChI is InChI=1S/C19H20N2O3S/c1-23-14-4-5-15-12(10-14)9-13(21-15)11-20-19(22)18-7-6-17(25-18)16-3-2-8-24-16/h4-7,9-10,16,21H,2-3,8,11H2,1H3,(H,20,22)/t16-/m1/s1. The molecule has 2 aromatic heterocycles. The van der Waals surface area contributed by atoms with Crippen molar-refractivity contribution in [2.24, 2.45) is 0 Å². The fourth-order valence-corrected chi connectivity index (χ4v) is 4.11. The zero-order valence-corrected chi connectivity index (χ0v) is 14.8. The summed E-state index contributed by atoms with van der Waals surface area (Å²) in [7, 11) is 1.65. The summed E-state index contributed by atoms with van der Waals surface area (Å²) in [6.07, 6.45) is 2.30. The molecule has 1 aliphatic rings. The van der Waals surface area contributed by atoms with Crippen LogP contribution in [0.4, 0.5) is 0 Å². The predicted octanol–water partition coefficient (Wildman–Crippen LogP) is 4.02. The largest absolute Gasteiger partial charge is 0.497 e. The van der Waals surface area contributed by atoms with Crippen LogP contribution in [0.5, 0.6) is 5.75 Å². The minimum absolute atomic E-state index is 0.0505. The summed E-state index contributed by atoms with van der Waals surface area (Å²) >= 11 is 1.52. The van der Waals surface area contributed by atoms with E-state index in [0.29, 0.717) is 6.54 Å². The third kappa shape index (κ3) is 3.41. The lowest BCUT2D eigenvalue weighted by atomic mass is 10.2. The van der Waals surface area contributed by atoms with Crippen molar-refractivity contribution in [1.82, 2.24) is 10.3 Å². The molecule has 5 nitrogen and oxygen atoms in total. The van der Waals surface area contributed by atoms with Crippen LogP contribution in [0.25, 0.3) is 10.9 Å². The zero-order chi connectivity index (χ0) is 17.2. The van der Waals surface area contributed by atoms with Crippen LogP contribution in [0, 0.1) is 0 Å². The van der Waals surface area contributed by atoms with Crippen molar-refractivity contribution >= 4 is 28.1 Å². The second-order valence-electron chi connectivity index (χ2n) is 6.13. The van der Waals surface area contributed by atoms with E-state index in [1.807, 2.05) is 36.4 Å². The first-order valence-electron chi connectivity index (χ1n) is 8.38. The zero-order valence-electron chi connectivity index (χ0n) is 14.0. The lowest BCUT2D eigenvalue weighted by molar-refractivity contribution is 0.0954. The lowest BCUT2D eigenvalue weighted by Gasteiger charge is -2.05. The highest BCUT2D eigenvalue weighted by Crippen LogP contribution is 2.33. The van der Waals surface area contributed by atoms with Gasteiger partial charge in [-0.05, 0) is 49.2 Å². The van der Waals surface area contributed by atoms with E-state index in [0.717, 1.165) is 51.5 Å². The molecular weight excluding hydrogens is 336 g/mol. The first-order chi connectivity index (χ1) is 12.2. The minimum atomic E-state index is -0.0505. The Bertz CT molecular complexity index is 893. The monoisotopic (exact) mass is 356 g/mol. The van der Waals surface area contributed by atoms with Crippen molar-refractivity contribution in [1.29, 1.82) is 0 Å². The maximum atomic E-state index is 12.4. The number of nitrogens with one attached hydrogen (secondary N) is 2. The van der Waals surface area contributed by atoms with E-state index in [9.17, 15) is 4.79 Å². The lowest BCUT2D eigenvalue weighted by Crippen LogP contribution is -2.21. The molecule has 2 N–H and O–H groups in total. The van der Waals surface area contributed by atoms with Gasteiger partial charge in [-0.25, -0.2) is 0 Å². The van der Waals surface area contributed by atoms with Gasteiger partial charge >= 0.3 is 0 Å². The number of carbonyl (C=O) groups excluding carboxylic acids is 1. The summed E-state index contributed by atoms with van der Waals surface area (Å²) in [6.45, 7) is 1.28. The van der Waals surface area contributed by atoms with Gasteiger partial charge in [0.05, 0.1) is 24.6 Å². The number of aromatic amines is 1. The maximum absolute atomic E-state index is 12.4. The van der Waals surface area contributed by atoms with Crippen molar-refractivity contribution < 1.29 is 14.3 Å². The molecule has 1 atom stereocenters. The van der Waals surface area contributed by atoms with Gasteiger partial charge in [-0.3, -0.25) is 4.79 Å². The first kappa shape index (κ1) is 16.2. The van der Waals surface area contributed by atoms with Gasteiger partial charge in [0.1, 0.15) is 5.75 Å². The Morgan fingerprint density at radius 2 is 2.28 bits per heavy atom. The second kappa shape index (κ2) is 6.90. The van der Waals surface area contributed by atoms with Crippen LogP contribution in [0.3, 0.4) is 0 Å². The van der Waals surface area contributed by atoms with E-state index in [1.54, 1.807) is 7.11 Å². The second-order valence-corrected chi connectivity index (χ2v) is 7.25. The van der Waals surface area contributed by atoms with Crippen LogP contribution in [0.2, 0.25) is 0 Å². The molecule has 4 rings (SSSR count). The number of methoxy groups -OCH3 is 1. The number of ether oxygens (including phenoxy) is 2. The molecule has 1 aromatic carbocycles. The van der Waals surface area contributed by atoms with Gasteiger partial charge in [-0.2, -0.15) is 0 Å². The summed E-state index contributed by atoms with van der Waals surface area (Å²) < 4.78 is 10.9. The van der Waals surface area contributed by atoms with Crippen LogP contribution >= 0.6 is 11.3 Å². The van der Waals surface area contributed by atoms with E-state index >= 15 is 0 Å².